The van der Waals surface area contributed by atoms with Gasteiger partial charge in [0.15, 0.2) is 6.10 Å². The Labute approximate surface area is 595 Å². The molecule has 96 heavy (non-hydrogen) atoms. The summed E-state index contributed by atoms with van der Waals surface area (Å²) in [6.45, 7) is 4.36. The first-order valence-electron chi connectivity index (χ1n) is 40.6. The van der Waals surface area contributed by atoms with Gasteiger partial charge in [0, 0.05) is 12.8 Å². The van der Waals surface area contributed by atoms with E-state index in [1.54, 1.807) is 0 Å². The second-order valence-electron chi connectivity index (χ2n) is 28.4. The molecule has 0 aliphatic heterocycles. The van der Waals surface area contributed by atoms with E-state index in [1.165, 1.54) is 257 Å². The number of nitrogens with zero attached hydrogens (tertiary/aromatic N) is 1. The van der Waals surface area contributed by atoms with Gasteiger partial charge in [0.2, 0.25) is 0 Å². The fourth-order valence-corrected chi connectivity index (χ4v) is 12.4. The van der Waals surface area contributed by atoms with Crippen molar-refractivity contribution >= 4 is 19.8 Å². The van der Waals surface area contributed by atoms with Crippen LogP contribution in [0.1, 0.15) is 373 Å². The summed E-state index contributed by atoms with van der Waals surface area (Å²) in [5.74, 6) is -0.782. The minimum Gasteiger partial charge on any atom is -0.462 e. The number of quaternary nitrogens is 1. The highest BCUT2D eigenvalue weighted by atomic mass is 31.2. The second-order valence-corrected chi connectivity index (χ2v) is 29.9. The summed E-state index contributed by atoms with van der Waals surface area (Å²) in [5, 5.41) is 0. The van der Waals surface area contributed by atoms with Crippen molar-refractivity contribution in [3.05, 3.63) is 109 Å². The van der Waals surface area contributed by atoms with Crippen LogP contribution in [-0.4, -0.2) is 74.9 Å². The van der Waals surface area contributed by atoms with E-state index in [9.17, 15) is 19.0 Å². The first-order chi connectivity index (χ1) is 47.0. The van der Waals surface area contributed by atoms with Gasteiger partial charge in [0.05, 0.1) is 27.7 Å². The van der Waals surface area contributed by atoms with E-state index in [1.807, 2.05) is 21.1 Å². The quantitative estimate of drug-likeness (QED) is 0.0211. The zero-order valence-corrected chi connectivity index (χ0v) is 64.5. The zero-order valence-electron chi connectivity index (χ0n) is 63.6. The minimum atomic E-state index is -4.40. The molecule has 0 saturated carbocycles. The van der Waals surface area contributed by atoms with E-state index >= 15 is 0 Å². The summed E-state index contributed by atoms with van der Waals surface area (Å²) in [6.07, 6.45) is 108. The molecule has 0 saturated heterocycles. The number of carbonyl (C=O) groups excluding carboxylic acids is 2. The predicted molar refractivity (Wildman–Crippen MR) is 418 cm³/mol. The predicted octanol–water partition coefficient (Wildman–Crippen LogP) is 27.2. The van der Waals surface area contributed by atoms with Gasteiger partial charge in [-0.2, -0.15) is 0 Å². The molecule has 0 bridgehead atoms. The molecule has 0 fully saturated rings. The molecule has 0 aliphatic carbocycles. The number of unbranched alkanes of at least 4 members (excludes halogenated alkanes) is 43. The van der Waals surface area contributed by atoms with Crippen molar-refractivity contribution in [1.82, 2.24) is 0 Å². The summed E-state index contributed by atoms with van der Waals surface area (Å²) in [6, 6.07) is 0. The van der Waals surface area contributed by atoms with Crippen LogP contribution in [0.4, 0.5) is 0 Å². The van der Waals surface area contributed by atoms with E-state index in [2.05, 4.69) is 123 Å². The molecule has 0 aromatic rings. The average molecular weight is 1360 g/mol. The molecule has 9 nitrogen and oxygen atoms in total. The molecule has 0 aromatic heterocycles. The number of hydrogen-bond donors (Lipinski definition) is 1. The molecule has 2 unspecified atom stereocenters. The molecule has 10 heteroatoms. The maximum absolute atomic E-state index is 12.9. The highest BCUT2D eigenvalue weighted by molar-refractivity contribution is 7.47. The Morgan fingerprint density at radius 2 is 0.594 bits per heavy atom. The second kappa shape index (κ2) is 75.9. The maximum atomic E-state index is 12.9. The third kappa shape index (κ3) is 79.7. The lowest BCUT2D eigenvalue weighted by Crippen LogP contribution is -2.37. The normalized spacial score (nSPS) is 13.6. The smallest absolute Gasteiger partial charge is 0.462 e. The number of rotatable bonds is 75. The van der Waals surface area contributed by atoms with E-state index in [-0.39, 0.29) is 32.0 Å². The number of likely N-dealkylation sites (N-methyl/N-ethyl adjacent to an activating group) is 1. The Bertz CT molecular complexity index is 1990. The Morgan fingerprint density at radius 1 is 0.333 bits per heavy atom. The van der Waals surface area contributed by atoms with Crippen molar-refractivity contribution in [2.45, 2.75) is 380 Å². The molecule has 0 radical (unpaired) electrons. The third-order valence-corrected chi connectivity index (χ3v) is 18.8. The molecule has 0 aliphatic rings. The highest BCUT2D eigenvalue weighted by Crippen LogP contribution is 2.43. The lowest BCUT2D eigenvalue weighted by Gasteiger charge is -2.24. The standard InChI is InChI=1S/C86H154NO8P/c1-6-8-10-12-14-16-18-20-22-24-26-28-30-32-34-36-38-39-40-41-42-43-44-45-46-47-49-51-53-55-57-59-61-63-65-67-69-71-73-75-77-79-86(89)95-84(83-94-96(90,91)93-81-80-87(3,4)5)82-92-85(88)78-76-74-72-70-68-66-64-62-60-58-56-54-52-50-48-37-35-33-31-29-27-25-23-21-19-17-15-13-11-9-7-2/h8,10,14,16,19-22,25-28,31-34,38-39,84H,6-7,9,11-13,15,17-18,23-24,29-30,35-37,40-83H2,1-5H3/p+1/b10-8-,16-14-,21-19-,22-20-,27-25-,28-26-,33-31-,34-32-,39-38-. The molecule has 0 rings (SSSR count). The largest absolute Gasteiger partial charge is 0.472 e. The number of allylic oxidation sites excluding steroid dienone is 18. The number of phosphoric acid groups is 1. The first-order valence-corrected chi connectivity index (χ1v) is 42.1. The summed E-state index contributed by atoms with van der Waals surface area (Å²) in [7, 11) is 1.49. The SMILES string of the molecule is CC/C=C\C/C=C\C/C=C\C/C=C\C/C=C\C/C=C\CCCCCCCCCCCCCCCCCCCCCCCCC(=O)OC(COC(=O)CCCCCCCCCCCCCCCCCC/C=C\C/C=C\C/C=C\CCCCCCC)COP(=O)(O)OCC[N+](C)(C)C. The zero-order chi connectivity index (χ0) is 69.7. The number of carbonyl (C=O) groups is 2. The van der Waals surface area contributed by atoms with E-state index in [0.717, 1.165) is 83.5 Å². The lowest BCUT2D eigenvalue weighted by molar-refractivity contribution is -0.870. The van der Waals surface area contributed by atoms with Gasteiger partial charge in [-0.1, -0.05) is 367 Å². The maximum Gasteiger partial charge on any atom is 0.472 e. The van der Waals surface area contributed by atoms with Crippen molar-refractivity contribution in [3.8, 4) is 0 Å². The van der Waals surface area contributed by atoms with Gasteiger partial charge in [-0.05, 0) is 103 Å². The van der Waals surface area contributed by atoms with Crippen LogP contribution in [-0.2, 0) is 32.7 Å². The van der Waals surface area contributed by atoms with Crippen molar-refractivity contribution < 1.29 is 42.1 Å². The van der Waals surface area contributed by atoms with Crippen LogP contribution in [0.2, 0.25) is 0 Å². The Morgan fingerprint density at radius 3 is 0.885 bits per heavy atom. The van der Waals surface area contributed by atoms with E-state index in [4.69, 9.17) is 18.5 Å². The number of ether oxygens (including phenoxy) is 2. The fraction of sp³-hybridized carbons (Fsp3) is 0.767. The first kappa shape index (κ1) is 92.7. The molecular formula is C86H155NO8P+. The van der Waals surface area contributed by atoms with Gasteiger partial charge in [0.1, 0.15) is 19.8 Å². The van der Waals surface area contributed by atoms with E-state index in [0.29, 0.717) is 17.4 Å². The molecule has 0 amide bonds. The van der Waals surface area contributed by atoms with Crippen LogP contribution < -0.4 is 0 Å². The molecule has 1 N–H and O–H groups in total. The monoisotopic (exact) mass is 1360 g/mol. The van der Waals surface area contributed by atoms with Crippen LogP contribution in [0.3, 0.4) is 0 Å². The van der Waals surface area contributed by atoms with Crippen LogP contribution >= 0.6 is 7.82 Å². The van der Waals surface area contributed by atoms with Crippen molar-refractivity contribution in [3.63, 3.8) is 0 Å². The molecule has 0 spiro atoms. The number of phosphoric ester groups is 1. The van der Waals surface area contributed by atoms with Crippen LogP contribution in [0, 0.1) is 0 Å². The summed E-state index contributed by atoms with van der Waals surface area (Å²) in [4.78, 5) is 36.0. The fourth-order valence-electron chi connectivity index (χ4n) is 11.6. The molecular weight excluding hydrogens is 1210 g/mol. The van der Waals surface area contributed by atoms with Gasteiger partial charge in [-0.25, -0.2) is 4.57 Å². The molecule has 0 aromatic carbocycles. The number of hydrogen-bond acceptors (Lipinski definition) is 7. The Hall–Kier alpha value is -3.33. The summed E-state index contributed by atoms with van der Waals surface area (Å²) < 4.78 is 34.8. The molecule has 0 heterocycles. The summed E-state index contributed by atoms with van der Waals surface area (Å²) >= 11 is 0. The Balaban J connectivity index is 3.93. The van der Waals surface area contributed by atoms with E-state index < -0.39 is 26.5 Å². The number of esters is 2. The third-order valence-electron chi connectivity index (χ3n) is 17.8. The van der Waals surface area contributed by atoms with Gasteiger partial charge >= 0.3 is 19.8 Å². The highest BCUT2D eigenvalue weighted by Gasteiger charge is 2.27. The van der Waals surface area contributed by atoms with Crippen LogP contribution in [0.5, 0.6) is 0 Å². The van der Waals surface area contributed by atoms with Gasteiger partial charge in [-0.15, -0.1) is 0 Å². The molecule has 556 valence electrons. The topological polar surface area (TPSA) is 108 Å². The lowest BCUT2D eigenvalue weighted by atomic mass is 10.0. The van der Waals surface area contributed by atoms with Crippen LogP contribution in [0.15, 0.2) is 109 Å². The van der Waals surface area contributed by atoms with Gasteiger partial charge in [-0.3, -0.25) is 18.6 Å². The minimum absolute atomic E-state index is 0.0311. The summed E-state index contributed by atoms with van der Waals surface area (Å²) in [5.41, 5.74) is 0. The van der Waals surface area contributed by atoms with Crippen molar-refractivity contribution in [1.29, 1.82) is 0 Å². The van der Waals surface area contributed by atoms with Gasteiger partial charge < -0.3 is 18.9 Å². The van der Waals surface area contributed by atoms with Crippen molar-refractivity contribution in [2.75, 3.05) is 47.5 Å². The Kier molecular flexibility index (Phi) is 73.2. The molecule has 2 atom stereocenters. The van der Waals surface area contributed by atoms with Crippen molar-refractivity contribution in [2.24, 2.45) is 0 Å². The van der Waals surface area contributed by atoms with Gasteiger partial charge in [0.25, 0.3) is 0 Å². The average Bonchev–Trinajstić information content (AvgIpc) is 2.54. The van der Waals surface area contributed by atoms with Crippen LogP contribution in [0.25, 0.3) is 0 Å².